The normalized spacial score (nSPS) is 11.9. The summed E-state index contributed by atoms with van der Waals surface area (Å²) in [5, 5.41) is 7.67. The lowest BCUT2D eigenvalue weighted by Gasteiger charge is -2.02. The molecule has 0 saturated carbocycles. The molecule has 0 aliphatic heterocycles. The first-order valence-corrected chi connectivity index (χ1v) is 9.10. The lowest BCUT2D eigenvalue weighted by molar-refractivity contribution is 1.53. The van der Waals surface area contributed by atoms with E-state index >= 15 is 0 Å². The molecule has 3 heteroatoms. The highest BCUT2D eigenvalue weighted by molar-refractivity contribution is 7.80. The van der Waals surface area contributed by atoms with Gasteiger partial charge in [-0.2, -0.15) is 0 Å². The maximum Gasteiger partial charge on any atom is 0.0361 e. The van der Waals surface area contributed by atoms with Gasteiger partial charge in [0.15, 0.2) is 0 Å². The van der Waals surface area contributed by atoms with Crippen molar-refractivity contribution >= 4 is 78.3 Å². The zero-order valence-electron chi connectivity index (χ0n) is 12.1. The molecule has 0 amide bonds. The molecular weight excluding hydrogens is 336 g/mol. The van der Waals surface area contributed by atoms with E-state index in [-0.39, 0.29) is 0 Å². The van der Waals surface area contributed by atoms with Gasteiger partial charge in [0.2, 0.25) is 0 Å². The van der Waals surface area contributed by atoms with Gasteiger partial charge in [-0.3, -0.25) is 0 Å². The topological polar surface area (TPSA) is 0 Å². The van der Waals surface area contributed by atoms with Crippen molar-refractivity contribution in [1.29, 1.82) is 0 Å². The van der Waals surface area contributed by atoms with Crippen LogP contribution in [0, 0.1) is 0 Å². The molecule has 0 saturated heterocycles. The summed E-state index contributed by atoms with van der Waals surface area (Å²) >= 11 is 10.8. The third kappa shape index (κ3) is 2.15. The SMILES string of the molecule is Sc1ccc2cc3sc4cc5ccc(S)cc5cc4c3cc2c1. The number of rotatable bonds is 0. The molecule has 0 atom stereocenters. The number of hydrogen-bond donors (Lipinski definition) is 2. The monoisotopic (exact) mass is 348 g/mol. The molecule has 5 aromatic rings. The first-order chi connectivity index (χ1) is 11.2. The van der Waals surface area contributed by atoms with Crippen LogP contribution in [0.3, 0.4) is 0 Å². The zero-order valence-corrected chi connectivity index (χ0v) is 14.7. The number of thiol groups is 2. The molecule has 0 nitrogen and oxygen atoms in total. The maximum atomic E-state index is 4.47. The Kier molecular flexibility index (Phi) is 2.93. The van der Waals surface area contributed by atoms with E-state index in [2.05, 4.69) is 73.8 Å². The zero-order chi connectivity index (χ0) is 15.6. The van der Waals surface area contributed by atoms with Gasteiger partial charge in [0.1, 0.15) is 0 Å². The van der Waals surface area contributed by atoms with Gasteiger partial charge < -0.3 is 0 Å². The molecule has 4 aromatic carbocycles. The fourth-order valence-electron chi connectivity index (χ4n) is 3.24. The summed E-state index contributed by atoms with van der Waals surface area (Å²) in [6.45, 7) is 0. The van der Waals surface area contributed by atoms with Gasteiger partial charge in [-0.15, -0.1) is 36.6 Å². The predicted octanol–water partition coefficient (Wildman–Crippen LogP) is 6.94. The summed E-state index contributed by atoms with van der Waals surface area (Å²) < 4.78 is 2.67. The van der Waals surface area contributed by atoms with Gasteiger partial charge in [-0.25, -0.2) is 0 Å². The third-order valence-corrected chi connectivity index (χ3v) is 6.03. The number of benzene rings is 4. The summed E-state index contributed by atoms with van der Waals surface area (Å²) in [5.74, 6) is 0. The molecule has 0 unspecified atom stereocenters. The highest BCUT2D eigenvalue weighted by atomic mass is 32.1. The summed E-state index contributed by atoms with van der Waals surface area (Å²) in [5.41, 5.74) is 0. The van der Waals surface area contributed by atoms with Gasteiger partial charge >= 0.3 is 0 Å². The van der Waals surface area contributed by atoms with E-state index in [9.17, 15) is 0 Å². The molecule has 0 spiro atoms. The van der Waals surface area contributed by atoms with Crippen LogP contribution < -0.4 is 0 Å². The minimum Gasteiger partial charge on any atom is -0.143 e. The van der Waals surface area contributed by atoms with Crippen molar-refractivity contribution in [1.82, 2.24) is 0 Å². The molecule has 0 aliphatic rings. The fourth-order valence-corrected chi connectivity index (χ4v) is 4.83. The molecule has 0 fully saturated rings. The van der Waals surface area contributed by atoms with Gasteiger partial charge in [0.05, 0.1) is 0 Å². The van der Waals surface area contributed by atoms with Crippen molar-refractivity contribution in [2.45, 2.75) is 9.79 Å². The molecule has 5 rings (SSSR count). The van der Waals surface area contributed by atoms with Gasteiger partial charge in [-0.1, -0.05) is 12.1 Å². The molecule has 0 bridgehead atoms. The van der Waals surface area contributed by atoms with Crippen molar-refractivity contribution < 1.29 is 0 Å². The predicted molar refractivity (Wildman–Crippen MR) is 109 cm³/mol. The highest BCUT2D eigenvalue weighted by Gasteiger charge is 2.08. The molecular formula is C20H12S3. The quantitative estimate of drug-likeness (QED) is 0.278. The van der Waals surface area contributed by atoms with Crippen LogP contribution in [0.2, 0.25) is 0 Å². The molecule has 1 heterocycles. The van der Waals surface area contributed by atoms with Crippen LogP contribution in [-0.2, 0) is 0 Å². The van der Waals surface area contributed by atoms with E-state index in [0.29, 0.717) is 0 Å². The van der Waals surface area contributed by atoms with Gasteiger partial charge in [0, 0.05) is 30.0 Å². The Hall–Kier alpha value is -1.68. The third-order valence-electron chi connectivity index (χ3n) is 4.35. The Morgan fingerprint density at radius 3 is 1.48 bits per heavy atom. The fraction of sp³-hybridized carbons (Fsp3) is 0. The minimum atomic E-state index is 1.00. The highest BCUT2D eigenvalue weighted by Crippen LogP contribution is 2.39. The molecule has 0 radical (unpaired) electrons. The van der Waals surface area contributed by atoms with E-state index in [1.165, 1.54) is 41.7 Å². The number of hydrogen-bond acceptors (Lipinski definition) is 3. The lowest BCUT2D eigenvalue weighted by atomic mass is 10.0. The Morgan fingerprint density at radius 2 is 1.00 bits per heavy atom. The van der Waals surface area contributed by atoms with Crippen molar-refractivity contribution in [3.63, 3.8) is 0 Å². The average Bonchev–Trinajstić information content (AvgIpc) is 2.87. The van der Waals surface area contributed by atoms with Crippen molar-refractivity contribution in [3.05, 3.63) is 60.7 Å². The Balaban J connectivity index is 1.95. The summed E-state index contributed by atoms with van der Waals surface area (Å²) in [6.07, 6.45) is 0. The smallest absolute Gasteiger partial charge is 0.0361 e. The maximum absolute atomic E-state index is 4.47. The first kappa shape index (κ1) is 13.7. The van der Waals surface area contributed by atoms with Crippen LogP contribution in [0.25, 0.3) is 41.7 Å². The first-order valence-electron chi connectivity index (χ1n) is 7.39. The summed E-state index contributed by atoms with van der Waals surface area (Å²) in [4.78, 5) is 2.00. The van der Waals surface area contributed by atoms with E-state index < -0.39 is 0 Å². The standard InChI is InChI=1S/C20H12S3/c21-15-3-1-11-9-19-17(7-13(11)5-15)18-8-14-6-16(22)4-2-12(14)10-20(18)23-19/h1-10,21-22H. The van der Waals surface area contributed by atoms with Crippen LogP contribution in [0.5, 0.6) is 0 Å². The van der Waals surface area contributed by atoms with Crippen LogP contribution in [0.1, 0.15) is 0 Å². The van der Waals surface area contributed by atoms with Crippen molar-refractivity contribution in [3.8, 4) is 0 Å². The minimum absolute atomic E-state index is 1.00. The number of fused-ring (bicyclic) bond motifs is 5. The summed E-state index contributed by atoms with van der Waals surface area (Å²) in [7, 11) is 0. The molecule has 0 N–H and O–H groups in total. The van der Waals surface area contributed by atoms with Crippen molar-refractivity contribution in [2.75, 3.05) is 0 Å². The Labute approximate surface area is 148 Å². The van der Waals surface area contributed by atoms with Gasteiger partial charge in [0.25, 0.3) is 0 Å². The van der Waals surface area contributed by atoms with E-state index in [1.54, 1.807) is 0 Å². The second kappa shape index (κ2) is 4.91. The number of thiophene rings is 1. The second-order valence-corrected chi connectivity index (χ2v) is 7.98. The van der Waals surface area contributed by atoms with Crippen LogP contribution in [0.15, 0.2) is 70.5 Å². The second-order valence-electron chi connectivity index (χ2n) is 5.86. The molecule has 23 heavy (non-hydrogen) atoms. The lowest BCUT2D eigenvalue weighted by Crippen LogP contribution is -1.75. The molecule has 1 aromatic heterocycles. The Morgan fingerprint density at radius 1 is 0.522 bits per heavy atom. The van der Waals surface area contributed by atoms with Crippen LogP contribution in [0.4, 0.5) is 0 Å². The van der Waals surface area contributed by atoms with E-state index in [0.717, 1.165) is 9.79 Å². The molecule has 0 aliphatic carbocycles. The van der Waals surface area contributed by atoms with Crippen LogP contribution >= 0.6 is 36.6 Å². The van der Waals surface area contributed by atoms with Gasteiger partial charge in [-0.05, 0) is 70.1 Å². The van der Waals surface area contributed by atoms with Crippen molar-refractivity contribution in [2.24, 2.45) is 0 Å². The summed E-state index contributed by atoms with van der Waals surface area (Å²) in [6, 6.07) is 21.8. The van der Waals surface area contributed by atoms with E-state index in [4.69, 9.17) is 0 Å². The Bertz CT molecular complexity index is 1140. The van der Waals surface area contributed by atoms with Crippen LogP contribution in [-0.4, -0.2) is 0 Å². The largest absolute Gasteiger partial charge is 0.143 e. The van der Waals surface area contributed by atoms with E-state index in [1.807, 2.05) is 23.5 Å². The molecule has 110 valence electrons. The average molecular weight is 349 g/mol.